The van der Waals surface area contributed by atoms with Crippen molar-refractivity contribution >= 4 is 17.8 Å². The van der Waals surface area contributed by atoms with Crippen molar-refractivity contribution in [1.29, 1.82) is 0 Å². The number of aliphatic carboxylic acids is 1. The normalized spacial score (nSPS) is 24.8. The SMILES string of the molecule is O=C1COCC(=O)N1C1(C(=O)O)CCOCC1. The molecule has 0 unspecified atom stereocenters. The van der Waals surface area contributed by atoms with Crippen LogP contribution < -0.4 is 0 Å². The van der Waals surface area contributed by atoms with Gasteiger partial charge in [0, 0.05) is 26.1 Å². The van der Waals surface area contributed by atoms with Gasteiger partial charge in [-0.15, -0.1) is 0 Å². The van der Waals surface area contributed by atoms with Crippen LogP contribution in [0.15, 0.2) is 0 Å². The summed E-state index contributed by atoms with van der Waals surface area (Å²) in [7, 11) is 0. The third-order valence-corrected chi connectivity index (χ3v) is 3.10. The largest absolute Gasteiger partial charge is 0.479 e. The molecule has 2 aliphatic heterocycles. The van der Waals surface area contributed by atoms with Crippen molar-refractivity contribution < 1.29 is 29.0 Å². The van der Waals surface area contributed by atoms with Crippen molar-refractivity contribution in [2.45, 2.75) is 18.4 Å². The first-order valence-corrected chi connectivity index (χ1v) is 5.33. The second kappa shape index (κ2) is 4.42. The Morgan fingerprint density at radius 1 is 1.12 bits per heavy atom. The minimum absolute atomic E-state index is 0.125. The lowest BCUT2D eigenvalue weighted by atomic mass is 9.87. The Bertz CT molecular complexity index is 344. The maximum absolute atomic E-state index is 11.7. The predicted molar refractivity (Wildman–Crippen MR) is 53.1 cm³/mol. The number of hydrogen-bond acceptors (Lipinski definition) is 5. The van der Waals surface area contributed by atoms with E-state index in [1.165, 1.54) is 0 Å². The smallest absolute Gasteiger partial charge is 0.330 e. The van der Waals surface area contributed by atoms with Crippen LogP contribution in [0.2, 0.25) is 0 Å². The second-order valence-corrected chi connectivity index (χ2v) is 4.06. The third-order valence-electron chi connectivity index (χ3n) is 3.10. The molecule has 0 aromatic carbocycles. The minimum Gasteiger partial charge on any atom is -0.479 e. The molecule has 7 heteroatoms. The molecule has 2 saturated heterocycles. The summed E-state index contributed by atoms with van der Waals surface area (Å²) in [6.45, 7) is -0.0440. The summed E-state index contributed by atoms with van der Waals surface area (Å²) in [6.07, 6.45) is 0.250. The number of hydrogen-bond donors (Lipinski definition) is 1. The zero-order valence-electron chi connectivity index (χ0n) is 9.18. The maximum Gasteiger partial charge on any atom is 0.330 e. The van der Waals surface area contributed by atoms with Crippen LogP contribution in [0.1, 0.15) is 12.8 Å². The fourth-order valence-corrected chi connectivity index (χ4v) is 2.21. The monoisotopic (exact) mass is 243 g/mol. The van der Waals surface area contributed by atoms with E-state index in [0.29, 0.717) is 0 Å². The molecule has 94 valence electrons. The Kier molecular flexibility index (Phi) is 3.12. The van der Waals surface area contributed by atoms with E-state index >= 15 is 0 Å². The van der Waals surface area contributed by atoms with Crippen LogP contribution in [0, 0.1) is 0 Å². The van der Waals surface area contributed by atoms with Crippen molar-refractivity contribution in [2.75, 3.05) is 26.4 Å². The Balaban J connectivity index is 2.34. The molecule has 0 aliphatic carbocycles. The van der Waals surface area contributed by atoms with E-state index in [4.69, 9.17) is 9.47 Å². The molecule has 2 aliphatic rings. The quantitative estimate of drug-likeness (QED) is 0.626. The van der Waals surface area contributed by atoms with Gasteiger partial charge in [-0.2, -0.15) is 0 Å². The molecular weight excluding hydrogens is 230 g/mol. The van der Waals surface area contributed by atoms with E-state index < -0.39 is 23.3 Å². The molecule has 2 fully saturated rings. The van der Waals surface area contributed by atoms with E-state index in [1.54, 1.807) is 0 Å². The van der Waals surface area contributed by atoms with Crippen molar-refractivity contribution in [3.8, 4) is 0 Å². The summed E-state index contributed by atoms with van der Waals surface area (Å²) in [5.74, 6) is -2.35. The van der Waals surface area contributed by atoms with Gasteiger partial charge in [-0.25, -0.2) is 4.79 Å². The molecule has 0 saturated carbocycles. The van der Waals surface area contributed by atoms with Crippen molar-refractivity contribution in [1.82, 2.24) is 4.90 Å². The molecule has 0 atom stereocenters. The minimum atomic E-state index is -1.46. The number of imide groups is 1. The fraction of sp³-hybridized carbons (Fsp3) is 0.700. The van der Waals surface area contributed by atoms with E-state index in [2.05, 4.69) is 0 Å². The highest BCUT2D eigenvalue weighted by Gasteiger charge is 2.51. The summed E-state index contributed by atoms with van der Waals surface area (Å²) >= 11 is 0. The van der Waals surface area contributed by atoms with Crippen molar-refractivity contribution in [3.05, 3.63) is 0 Å². The predicted octanol–water partition coefficient (Wildman–Crippen LogP) is -0.994. The van der Waals surface area contributed by atoms with Crippen LogP contribution in [-0.4, -0.2) is 59.8 Å². The molecule has 0 bridgehead atoms. The molecular formula is C10H13NO6. The summed E-state index contributed by atoms with van der Waals surface area (Å²) in [5.41, 5.74) is -1.46. The maximum atomic E-state index is 11.7. The summed E-state index contributed by atoms with van der Waals surface area (Å²) < 4.78 is 9.87. The average Bonchev–Trinajstić information content (AvgIpc) is 2.29. The van der Waals surface area contributed by atoms with Crippen LogP contribution in [0.3, 0.4) is 0 Å². The van der Waals surface area contributed by atoms with Crippen molar-refractivity contribution in [3.63, 3.8) is 0 Å². The Labute approximate surface area is 97.3 Å². The number of nitrogens with zero attached hydrogens (tertiary/aromatic N) is 1. The van der Waals surface area contributed by atoms with Gasteiger partial charge in [0.15, 0.2) is 5.54 Å². The highest BCUT2D eigenvalue weighted by Crippen LogP contribution is 2.30. The molecule has 17 heavy (non-hydrogen) atoms. The number of ether oxygens (including phenoxy) is 2. The summed E-state index contributed by atoms with van der Waals surface area (Å²) in [4.78, 5) is 35.7. The Hall–Kier alpha value is -1.47. The summed E-state index contributed by atoms with van der Waals surface area (Å²) in [5, 5.41) is 9.33. The number of rotatable bonds is 2. The highest BCUT2D eigenvalue weighted by atomic mass is 16.5. The van der Waals surface area contributed by atoms with Gasteiger partial charge in [-0.05, 0) is 0 Å². The van der Waals surface area contributed by atoms with Crippen molar-refractivity contribution in [2.24, 2.45) is 0 Å². The molecule has 1 N–H and O–H groups in total. The highest BCUT2D eigenvalue weighted by molar-refractivity contribution is 6.03. The van der Waals surface area contributed by atoms with Gasteiger partial charge >= 0.3 is 5.97 Å². The first-order chi connectivity index (χ1) is 8.08. The van der Waals surface area contributed by atoms with Gasteiger partial charge in [0.05, 0.1) is 0 Å². The van der Waals surface area contributed by atoms with Crippen LogP contribution >= 0.6 is 0 Å². The van der Waals surface area contributed by atoms with Gasteiger partial charge in [-0.1, -0.05) is 0 Å². The fourth-order valence-electron chi connectivity index (χ4n) is 2.21. The first kappa shape index (κ1) is 12.0. The van der Waals surface area contributed by atoms with Gasteiger partial charge in [0.25, 0.3) is 11.8 Å². The van der Waals surface area contributed by atoms with Gasteiger partial charge in [-0.3, -0.25) is 14.5 Å². The third kappa shape index (κ3) is 1.91. The van der Waals surface area contributed by atoms with Gasteiger partial charge < -0.3 is 14.6 Å². The molecule has 0 aromatic rings. The molecule has 2 amide bonds. The zero-order valence-corrected chi connectivity index (χ0v) is 9.18. The lowest BCUT2D eigenvalue weighted by Gasteiger charge is -2.42. The Morgan fingerprint density at radius 3 is 2.12 bits per heavy atom. The number of amides is 2. The number of morpholine rings is 1. The van der Waals surface area contributed by atoms with Crippen LogP contribution in [0.25, 0.3) is 0 Å². The van der Waals surface area contributed by atoms with Crippen LogP contribution in [0.5, 0.6) is 0 Å². The average molecular weight is 243 g/mol. The van der Waals surface area contributed by atoms with E-state index in [0.717, 1.165) is 4.90 Å². The lowest BCUT2D eigenvalue weighted by Crippen LogP contribution is -2.64. The molecule has 7 nitrogen and oxygen atoms in total. The first-order valence-electron chi connectivity index (χ1n) is 5.33. The summed E-state index contributed by atoms with van der Waals surface area (Å²) in [6, 6.07) is 0. The molecule has 0 aromatic heterocycles. The topological polar surface area (TPSA) is 93.1 Å². The van der Waals surface area contributed by atoms with E-state index in [-0.39, 0.29) is 39.3 Å². The van der Waals surface area contributed by atoms with Gasteiger partial charge in [0.1, 0.15) is 13.2 Å². The van der Waals surface area contributed by atoms with E-state index in [9.17, 15) is 19.5 Å². The lowest BCUT2D eigenvalue weighted by molar-refractivity contribution is -0.181. The van der Waals surface area contributed by atoms with Crippen LogP contribution in [0.4, 0.5) is 0 Å². The number of carboxylic acid groups (broad SMARTS) is 1. The van der Waals surface area contributed by atoms with Crippen LogP contribution in [-0.2, 0) is 23.9 Å². The number of carboxylic acids is 1. The molecule has 0 radical (unpaired) electrons. The molecule has 2 heterocycles. The Morgan fingerprint density at radius 2 is 1.65 bits per heavy atom. The standard InChI is InChI=1S/C10H13NO6/c12-7-5-17-6-8(13)11(7)10(9(14)15)1-3-16-4-2-10/h1-6H2,(H,14,15). The zero-order chi connectivity index (χ0) is 12.5. The van der Waals surface area contributed by atoms with E-state index in [1.807, 2.05) is 0 Å². The van der Waals surface area contributed by atoms with Gasteiger partial charge in [0.2, 0.25) is 0 Å². The number of carbonyl (C=O) groups excluding carboxylic acids is 2. The molecule has 0 spiro atoms. The number of carbonyl (C=O) groups is 3. The molecule has 2 rings (SSSR count). The second-order valence-electron chi connectivity index (χ2n) is 4.06.